The Bertz CT molecular complexity index is 1000. The van der Waals surface area contributed by atoms with Crippen molar-refractivity contribution in [3.05, 3.63) is 59.7 Å². The smallest absolute Gasteiger partial charge is 0.407 e. The van der Waals surface area contributed by atoms with Crippen molar-refractivity contribution in [3.8, 4) is 11.1 Å². The Hall–Kier alpha value is -3.39. The zero-order valence-electron chi connectivity index (χ0n) is 18.3. The van der Waals surface area contributed by atoms with Gasteiger partial charge in [-0.3, -0.25) is 4.79 Å². The first-order valence-electron chi connectivity index (χ1n) is 11.2. The van der Waals surface area contributed by atoms with Crippen LogP contribution in [-0.2, 0) is 14.3 Å². The van der Waals surface area contributed by atoms with Crippen LogP contribution in [-0.4, -0.2) is 53.0 Å². The third-order valence-electron chi connectivity index (χ3n) is 6.57. The molecule has 0 heterocycles. The van der Waals surface area contributed by atoms with Crippen LogP contribution in [0.25, 0.3) is 11.1 Å². The second-order valence-electron chi connectivity index (χ2n) is 8.73. The summed E-state index contributed by atoms with van der Waals surface area (Å²) in [5, 5.41) is 23.4. The van der Waals surface area contributed by atoms with Gasteiger partial charge in [-0.05, 0) is 41.5 Å². The molecule has 4 N–H and O–H groups in total. The van der Waals surface area contributed by atoms with Crippen LogP contribution >= 0.6 is 0 Å². The fourth-order valence-electron chi connectivity index (χ4n) is 4.74. The number of alkyl carbamates (subject to hydrolysis) is 1. The highest BCUT2D eigenvalue weighted by Crippen LogP contribution is 2.44. The standard InChI is InChI=1S/C25H28N2O6/c28-13-10-21(23(30)31)26-22(29)14-25(11-5-12-25)27-24(32)33-15-20-18-8-3-1-6-16(18)17-7-2-4-9-19(17)20/h1-4,6-9,20-21,28H,5,10-15H2,(H,26,29)(H,27,32)(H,30,31). The van der Waals surface area contributed by atoms with Crippen LogP contribution in [0.3, 0.4) is 0 Å². The number of hydrogen-bond acceptors (Lipinski definition) is 5. The van der Waals surface area contributed by atoms with Crippen LogP contribution in [0.5, 0.6) is 0 Å². The van der Waals surface area contributed by atoms with Gasteiger partial charge in [-0.1, -0.05) is 48.5 Å². The van der Waals surface area contributed by atoms with Crippen LogP contribution < -0.4 is 10.6 Å². The van der Waals surface area contributed by atoms with E-state index in [1.807, 2.05) is 36.4 Å². The van der Waals surface area contributed by atoms with E-state index >= 15 is 0 Å². The monoisotopic (exact) mass is 452 g/mol. The van der Waals surface area contributed by atoms with Gasteiger partial charge in [0.05, 0.1) is 5.54 Å². The van der Waals surface area contributed by atoms with E-state index in [2.05, 4.69) is 22.8 Å². The number of ether oxygens (including phenoxy) is 1. The number of carbonyl (C=O) groups excluding carboxylic acids is 2. The van der Waals surface area contributed by atoms with E-state index in [4.69, 9.17) is 14.9 Å². The van der Waals surface area contributed by atoms with Crippen LogP contribution in [0.15, 0.2) is 48.5 Å². The average molecular weight is 453 g/mol. The van der Waals surface area contributed by atoms with Gasteiger partial charge in [0.15, 0.2) is 0 Å². The third-order valence-corrected chi connectivity index (χ3v) is 6.57. The van der Waals surface area contributed by atoms with Crippen molar-refractivity contribution in [2.24, 2.45) is 0 Å². The van der Waals surface area contributed by atoms with Gasteiger partial charge in [0.1, 0.15) is 12.6 Å². The molecule has 0 saturated heterocycles. The summed E-state index contributed by atoms with van der Waals surface area (Å²) in [6.45, 7) is -0.167. The molecule has 0 aromatic heterocycles. The minimum atomic E-state index is -1.20. The first-order chi connectivity index (χ1) is 15.9. The number of nitrogens with one attached hydrogen (secondary N) is 2. The highest BCUT2D eigenvalue weighted by Gasteiger charge is 2.41. The maximum atomic E-state index is 12.7. The second-order valence-corrected chi connectivity index (χ2v) is 8.73. The summed E-state index contributed by atoms with van der Waals surface area (Å²) in [6, 6.07) is 15.0. The SMILES string of the molecule is O=C(CC1(NC(=O)OCC2c3ccccc3-c3ccccc32)CCC1)NC(CCO)C(=O)O. The average Bonchev–Trinajstić information content (AvgIpc) is 3.09. The number of carbonyl (C=O) groups is 3. The van der Waals surface area contributed by atoms with Crippen LogP contribution in [0, 0.1) is 0 Å². The molecule has 0 spiro atoms. The van der Waals surface area contributed by atoms with Crippen molar-refractivity contribution in [1.29, 1.82) is 0 Å². The number of aliphatic carboxylic acids is 1. The lowest BCUT2D eigenvalue weighted by Crippen LogP contribution is -2.57. The van der Waals surface area contributed by atoms with E-state index in [9.17, 15) is 14.4 Å². The third kappa shape index (κ3) is 4.85. The number of amides is 2. The number of rotatable bonds is 9. The fourth-order valence-corrected chi connectivity index (χ4v) is 4.74. The van der Waals surface area contributed by atoms with Gasteiger partial charge in [-0.15, -0.1) is 0 Å². The van der Waals surface area contributed by atoms with Crippen molar-refractivity contribution in [2.45, 2.75) is 49.6 Å². The van der Waals surface area contributed by atoms with E-state index in [1.165, 1.54) is 0 Å². The minimum absolute atomic E-state index is 0.0353. The number of fused-ring (bicyclic) bond motifs is 3. The number of hydrogen-bond donors (Lipinski definition) is 4. The summed E-state index contributed by atoms with van der Waals surface area (Å²) in [5.41, 5.74) is 3.78. The lowest BCUT2D eigenvalue weighted by atomic mass is 9.74. The number of aliphatic hydroxyl groups excluding tert-OH is 1. The lowest BCUT2D eigenvalue weighted by Gasteiger charge is -2.41. The van der Waals surface area contributed by atoms with E-state index in [1.54, 1.807) is 0 Å². The molecule has 1 unspecified atom stereocenters. The molecule has 1 atom stereocenters. The molecule has 1 saturated carbocycles. The molecule has 33 heavy (non-hydrogen) atoms. The van der Waals surface area contributed by atoms with Gasteiger partial charge in [0.2, 0.25) is 5.91 Å². The Kier molecular flexibility index (Phi) is 6.65. The zero-order chi connectivity index (χ0) is 23.4. The molecule has 0 bridgehead atoms. The molecule has 2 aromatic rings. The van der Waals surface area contributed by atoms with Crippen LogP contribution in [0.2, 0.25) is 0 Å². The van der Waals surface area contributed by atoms with Crippen LogP contribution in [0.4, 0.5) is 4.79 Å². The van der Waals surface area contributed by atoms with Crippen molar-refractivity contribution < 1.29 is 29.3 Å². The largest absolute Gasteiger partial charge is 0.480 e. The molecule has 0 radical (unpaired) electrons. The van der Waals surface area contributed by atoms with Gasteiger partial charge in [-0.2, -0.15) is 0 Å². The summed E-state index contributed by atoms with van der Waals surface area (Å²) in [7, 11) is 0. The Morgan fingerprint density at radius 3 is 2.15 bits per heavy atom. The molecular weight excluding hydrogens is 424 g/mol. The maximum Gasteiger partial charge on any atom is 0.407 e. The van der Waals surface area contributed by atoms with Gasteiger partial charge >= 0.3 is 12.1 Å². The van der Waals surface area contributed by atoms with Gasteiger partial charge < -0.3 is 25.6 Å². The number of benzene rings is 2. The predicted octanol–water partition coefficient (Wildman–Crippen LogP) is 2.79. The Balaban J connectivity index is 1.36. The van der Waals surface area contributed by atoms with E-state index < -0.39 is 29.6 Å². The molecule has 1 fully saturated rings. The molecule has 2 aliphatic carbocycles. The quantitative estimate of drug-likeness (QED) is 0.464. The maximum absolute atomic E-state index is 12.7. The van der Waals surface area contributed by atoms with Crippen molar-refractivity contribution >= 4 is 18.0 Å². The second kappa shape index (κ2) is 9.62. The molecule has 174 valence electrons. The molecular formula is C25H28N2O6. The summed E-state index contributed by atoms with van der Waals surface area (Å²) in [6.07, 6.45) is 1.38. The predicted molar refractivity (Wildman–Crippen MR) is 121 cm³/mol. The Morgan fingerprint density at radius 1 is 1.03 bits per heavy atom. The van der Waals surface area contributed by atoms with E-state index in [-0.39, 0.29) is 32.0 Å². The Morgan fingerprint density at radius 2 is 1.64 bits per heavy atom. The summed E-state index contributed by atoms with van der Waals surface area (Å²) >= 11 is 0. The normalized spacial score (nSPS) is 16.6. The van der Waals surface area contributed by atoms with Crippen LogP contribution in [0.1, 0.15) is 49.1 Å². The van der Waals surface area contributed by atoms with E-state index in [0.717, 1.165) is 28.7 Å². The number of carboxylic acids is 1. The van der Waals surface area contributed by atoms with Crippen molar-refractivity contribution in [2.75, 3.05) is 13.2 Å². The summed E-state index contributed by atoms with van der Waals surface area (Å²) in [4.78, 5) is 36.3. The molecule has 2 aliphatic rings. The van der Waals surface area contributed by atoms with Gasteiger partial charge in [0, 0.05) is 25.4 Å². The molecule has 2 amide bonds. The first kappa shape index (κ1) is 22.8. The molecule has 0 aliphatic heterocycles. The number of aliphatic hydroxyl groups is 1. The summed E-state index contributed by atoms with van der Waals surface area (Å²) in [5.74, 6) is -1.74. The Labute approximate surface area is 192 Å². The van der Waals surface area contributed by atoms with Gasteiger partial charge in [-0.25, -0.2) is 9.59 Å². The molecule has 8 heteroatoms. The minimum Gasteiger partial charge on any atom is -0.480 e. The first-order valence-corrected chi connectivity index (χ1v) is 11.2. The molecule has 8 nitrogen and oxygen atoms in total. The molecule has 2 aromatic carbocycles. The highest BCUT2D eigenvalue weighted by molar-refractivity contribution is 5.85. The lowest BCUT2D eigenvalue weighted by molar-refractivity contribution is -0.142. The van der Waals surface area contributed by atoms with Crippen molar-refractivity contribution in [3.63, 3.8) is 0 Å². The molecule has 4 rings (SSSR count). The van der Waals surface area contributed by atoms with Crippen molar-refractivity contribution in [1.82, 2.24) is 10.6 Å². The summed E-state index contributed by atoms with van der Waals surface area (Å²) < 4.78 is 5.60. The fraction of sp³-hybridized carbons (Fsp3) is 0.400. The van der Waals surface area contributed by atoms with E-state index in [0.29, 0.717) is 12.8 Å². The zero-order valence-corrected chi connectivity index (χ0v) is 18.3. The van der Waals surface area contributed by atoms with Gasteiger partial charge in [0.25, 0.3) is 0 Å². The topological polar surface area (TPSA) is 125 Å². The number of carboxylic acid groups (broad SMARTS) is 1. The highest BCUT2D eigenvalue weighted by atomic mass is 16.5.